The van der Waals surface area contributed by atoms with Gasteiger partial charge in [0.1, 0.15) is 5.52 Å². The molecule has 0 saturated carbocycles. The van der Waals surface area contributed by atoms with Gasteiger partial charge in [-0.2, -0.15) is 17.6 Å². The van der Waals surface area contributed by atoms with Crippen LogP contribution < -0.4 is 5.32 Å². The highest BCUT2D eigenvalue weighted by Gasteiger charge is 2.36. The highest BCUT2D eigenvalue weighted by atomic mass is 32.2. The van der Waals surface area contributed by atoms with E-state index in [2.05, 4.69) is 15.4 Å². The van der Waals surface area contributed by atoms with Crippen LogP contribution in [-0.2, 0) is 16.4 Å². The van der Waals surface area contributed by atoms with Crippen molar-refractivity contribution in [2.45, 2.75) is 17.4 Å². The quantitative estimate of drug-likeness (QED) is 0.363. The number of aromatic nitrogens is 3. The molecule has 1 aliphatic heterocycles. The summed E-state index contributed by atoms with van der Waals surface area (Å²) in [5, 5.41) is 16.2. The average molecular weight is 506 g/mol. The van der Waals surface area contributed by atoms with E-state index < -0.39 is 34.0 Å². The molecule has 2 aromatic carbocycles. The van der Waals surface area contributed by atoms with Crippen LogP contribution >= 0.6 is 0 Å². The van der Waals surface area contributed by atoms with E-state index in [9.17, 15) is 27.9 Å². The van der Waals surface area contributed by atoms with Crippen LogP contribution in [0.4, 0.5) is 4.79 Å². The third kappa shape index (κ3) is 4.07. The van der Waals surface area contributed by atoms with Crippen LogP contribution in [0.5, 0.6) is 0 Å². The van der Waals surface area contributed by atoms with Crippen molar-refractivity contribution >= 4 is 38.8 Å². The van der Waals surface area contributed by atoms with Gasteiger partial charge in [-0.05, 0) is 30.3 Å². The molecular weight excluding hydrogens is 486 g/mol. The Hall–Kier alpha value is -4.58. The first-order chi connectivity index (χ1) is 17.3. The maximum absolute atomic E-state index is 13.0. The average Bonchev–Trinajstić information content (AvgIpc) is 3.40. The summed E-state index contributed by atoms with van der Waals surface area (Å²) < 4.78 is 26.8. The molecule has 0 bridgehead atoms. The third-order valence-corrected chi connectivity index (χ3v) is 7.43. The van der Waals surface area contributed by atoms with Crippen LogP contribution in [0, 0.1) is 0 Å². The molecular formula is C24H19N5O6S. The lowest BCUT2D eigenvalue weighted by Gasteiger charge is -2.22. The number of carbonyl (C=O) groups is 3. The molecule has 12 heteroatoms. The van der Waals surface area contributed by atoms with Gasteiger partial charge in [0.05, 0.1) is 41.0 Å². The Labute approximate surface area is 205 Å². The third-order valence-electron chi connectivity index (χ3n) is 5.81. The highest BCUT2D eigenvalue weighted by Crippen LogP contribution is 2.24. The first kappa shape index (κ1) is 23.2. The normalized spacial score (nSPS) is 14.2. The standard InChI is InChI=1S/C24H19N5O6S/c30-22-19-8-4-5-9-20(19)23(31)28(22)14-17(27-24(32)33)11-16-10-15-12-26-29(21(15)13-25-16)36(34,35)18-6-2-1-3-7-18/h1-10,12-13,17,27H,11,14H2,(H,32,33). The summed E-state index contributed by atoms with van der Waals surface area (Å²) in [5.74, 6) is -0.993. The van der Waals surface area contributed by atoms with Gasteiger partial charge in [-0.1, -0.05) is 30.3 Å². The predicted octanol–water partition coefficient (Wildman–Crippen LogP) is 2.14. The molecule has 36 heavy (non-hydrogen) atoms. The summed E-state index contributed by atoms with van der Waals surface area (Å²) in [5.41, 5.74) is 1.21. The number of benzene rings is 2. The Kier molecular flexibility index (Phi) is 5.72. The number of imide groups is 1. The minimum absolute atomic E-state index is 0.0479. The fourth-order valence-corrected chi connectivity index (χ4v) is 5.44. The smallest absolute Gasteiger partial charge is 0.404 e. The molecule has 1 atom stereocenters. The molecule has 0 spiro atoms. The Bertz CT molecular complexity index is 1580. The summed E-state index contributed by atoms with van der Waals surface area (Å²) in [6.07, 6.45) is 1.45. The summed E-state index contributed by atoms with van der Waals surface area (Å²) in [6.45, 7) is -0.194. The van der Waals surface area contributed by atoms with Crippen LogP contribution in [0.25, 0.3) is 10.9 Å². The van der Waals surface area contributed by atoms with Crippen LogP contribution in [0.15, 0.2) is 78.0 Å². The van der Waals surface area contributed by atoms with Gasteiger partial charge in [0.25, 0.3) is 21.8 Å². The van der Waals surface area contributed by atoms with Crippen molar-refractivity contribution in [1.82, 2.24) is 24.4 Å². The molecule has 0 saturated heterocycles. The molecule has 1 unspecified atom stereocenters. The highest BCUT2D eigenvalue weighted by molar-refractivity contribution is 7.90. The second-order valence-electron chi connectivity index (χ2n) is 8.16. The number of hydrogen-bond donors (Lipinski definition) is 2. The molecule has 1 aliphatic rings. The van der Waals surface area contributed by atoms with Crippen molar-refractivity contribution in [1.29, 1.82) is 0 Å². The van der Waals surface area contributed by atoms with E-state index >= 15 is 0 Å². The molecule has 0 fully saturated rings. The zero-order valence-electron chi connectivity index (χ0n) is 18.6. The van der Waals surface area contributed by atoms with Gasteiger partial charge in [0.15, 0.2) is 0 Å². The maximum Gasteiger partial charge on any atom is 0.404 e. The number of rotatable bonds is 7. The Balaban J connectivity index is 1.40. The Morgan fingerprint density at radius 1 is 0.972 bits per heavy atom. The van der Waals surface area contributed by atoms with Gasteiger partial charge in [-0.25, -0.2) is 4.79 Å². The van der Waals surface area contributed by atoms with Crippen molar-refractivity contribution in [3.63, 3.8) is 0 Å². The molecule has 182 valence electrons. The predicted molar refractivity (Wildman–Crippen MR) is 127 cm³/mol. The fraction of sp³-hybridized carbons (Fsp3) is 0.125. The van der Waals surface area contributed by atoms with Crippen LogP contribution in [-0.4, -0.2) is 63.1 Å². The van der Waals surface area contributed by atoms with Crippen LogP contribution in [0.1, 0.15) is 26.4 Å². The van der Waals surface area contributed by atoms with Gasteiger partial charge in [0, 0.05) is 17.5 Å². The second-order valence-corrected chi connectivity index (χ2v) is 9.92. The molecule has 2 N–H and O–H groups in total. The topological polar surface area (TPSA) is 152 Å². The first-order valence-corrected chi connectivity index (χ1v) is 12.3. The van der Waals surface area contributed by atoms with E-state index in [1.165, 1.54) is 24.5 Å². The summed E-state index contributed by atoms with van der Waals surface area (Å²) >= 11 is 0. The summed E-state index contributed by atoms with van der Waals surface area (Å²) in [6, 6.07) is 15.0. The van der Waals surface area contributed by atoms with Crippen molar-refractivity contribution < 1.29 is 27.9 Å². The molecule has 0 radical (unpaired) electrons. The van der Waals surface area contributed by atoms with Gasteiger partial charge in [-0.15, -0.1) is 0 Å². The van der Waals surface area contributed by atoms with E-state index in [4.69, 9.17) is 0 Å². The molecule has 5 rings (SSSR count). The van der Waals surface area contributed by atoms with E-state index in [1.54, 1.807) is 48.5 Å². The van der Waals surface area contributed by atoms with E-state index in [1.807, 2.05) is 0 Å². The van der Waals surface area contributed by atoms with Crippen molar-refractivity contribution in [3.05, 3.63) is 89.9 Å². The number of carboxylic acid groups (broad SMARTS) is 1. The fourth-order valence-electron chi connectivity index (χ4n) is 4.16. The molecule has 0 aliphatic carbocycles. The van der Waals surface area contributed by atoms with E-state index in [0.29, 0.717) is 11.1 Å². The number of fused-ring (bicyclic) bond motifs is 2. The van der Waals surface area contributed by atoms with Gasteiger partial charge < -0.3 is 10.4 Å². The van der Waals surface area contributed by atoms with E-state index in [-0.39, 0.29) is 34.5 Å². The number of amides is 3. The zero-order chi connectivity index (χ0) is 25.4. The molecule has 4 aromatic rings. The lowest BCUT2D eigenvalue weighted by Crippen LogP contribution is -2.46. The monoisotopic (exact) mass is 505 g/mol. The lowest BCUT2D eigenvalue weighted by molar-refractivity contribution is 0.0635. The number of nitrogens with zero attached hydrogens (tertiary/aromatic N) is 4. The molecule has 2 aromatic heterocycles. The Morgan fingerprint density at radius 2 is 1.61 bits per heavy atom. The van der Waals surface area contributed by atoms with Gasteiger partial charge in [-0.3, -0.25) is 19.5 Å². The number of carbonyl (C=O) groups excluding carboxylic acids is 2. The number of pyridine rings is 1. The molecule has 3 heterocycles. The first-order valence-electron chi connectivity index (χ1n) is 10.8. The second kappa shape index (κ2) is 8.89. The van der Waals surface area contributed by atoms with Crippen LogP contribution in [0.3, 0.4) is 0 Å². The summed E-state index contributed by atoms with van der Waals surface area (Å²) in [7, 11) is -3.93. The maximum atomic E-state index is 13.0. The SMILES string of the molecule is O=C(O)NC(Cc1cc2cnn(S(=O)(=O)c3ccccc3)c2cn1)CN1C(=O)c2ccccc2C1=O. The number of nitrogens with one attached hydrogen (secondary N) is 1. The lowest BCUT2D eigenvalue weighted by atomic mass is 10.1. The largest absolute Gasteiger partial charge is 0.465 e. The van der Waals surface area contributed by atoms with Crippen LogP contribution in [0.2, 0.25) is 0 Å². The Morgan fingerprint density at radius 3 is 2.25 bits per heavy atom. The van der Waals surface area contributed by atoms with Gasteiger partial charge in [0.2, 0.25) is 0 Å². The zero-order valence-corrected chi connectivity index (χ0v) is 19.4. The van der Waals surface area contributed by atoms with Crippen molar-refractivity contribution in [3.8, 4) is 0 Å². The summed E-state index contributed by atoms with van der Waals surface area (Å²) in [4.78, 5) is 42.2. The molecule has 3 amide bonds. The van der Waals surface area contributed by atoms with Gasteiger partial charge >= 0.3 is 6.09 Å². The number of hydrogen-bond acceptors (Lipinski definition) is 7. The minimum Gasteiger partial charge on any atom is -0.465 e. The van der Waals surface area contributed by atoms with E-state index in [0.717, 1.165) is 8.99 Å². The molecule has 11 nitrogen and oxygen atoms in total. The van der Waals surface area contributed by atoms with Crippen molar-refractivity contribution in [2.24, 2.45) is 0 Å². The van der Waals surface area contributed by atoms with Crippen molar-refractivity contribution in [2.75, 3.05) is 6.54 Å². The minimum atomic E-state index is -3.93.